The van der Waals surface area contributed by atoms with Gasteiger partial charge in [0, 0.05) is 12.6 Å². The van der Waals surface area contributed by atoms with E-state index in [4.69, 9.17) is 0 Å². The van der Waals surface area contributed by atoms with Gasteiger partial charge in [-0.3, -0.25) is 9.52 Å². The van der Waals surface area contributed by atoms with E-state index in [0.29, 0.717) is 18.7 Å². The highest BCUT2D eigenvalue weighted by atomic mass is 32.2. The molecule has 6 nitrogen and oxygen atoms in total. The maximum Gasteiger partial charge on any atom is 0.417 e. The van der Waals surface area contributed by atoms with E-state index in [2.05, 4.69) is 10.3 Å². The molecule has 0 aliphatic rings. The van der Waals surface area contributed by atoms with Gasteiger partial charge in [-0.05, 0) is 12.5 Å². The minimum atomic E-state index is -4.65. The first-order valence-electron chi connectivity index (χ1n) is 5.88. The molecule has 1 amide bonds. The van der Waals surface area contributed by atoms with Crippen LogP contribution < -0.4 is 10.0 Å². The first-order chi connectivity index (χ1) is 9.53. The van der Waals surface area contributed by atoms with Gasteiger partial charge in [-0.15, -0.1) is 0 Å². The zero-order chi connectivity index (χ0) is 16.3. The van der Waals surface area contributed by atoms with Crippen LogP contribution in [0.5, 0.6) is 0 Å². The van der Waals surface area contributed by atoms with Gasteiger partial charge in [0.1, 0.15) is 0 Å². The molecule has 0 saturated carbocycles. The molecule has 0 aliphatic carbocycles. The number of anilines is 2. The number of sulfonamides is 1. The standard InChI is InChI=1S/C11H14F3N3O3S/c1-3-4-9(18)16-8-5-7(11(12,13)14)6-15-10(8)17-21(2,19)20/h5-6H,3-4H2,1-2H3,(H,15,17)(H,16,18). The number of carbonyl (C=O) groups excluding carboxylic acids is 1. The lowest BCUT2D eigenvalue weighted by Gasteiger charge is -2.14. The highest BCUT2D eigenvalue weighted by Crippen LogP contribution is 2.32. The van der Waals surface area contributed by atoms with Gasteiger partial charge in [0.2, 0.25) is 15.9 Å². The topological polar surface area (TPSA) is 88.2 Å². The molecule has 0 aliphatic heterocycles. The number of carbonyl (C=O) groups is 1. The Labute approximate surface area is 119 Å². The van der Waals surface area contributed by atoms with Crippen molar-refractivity contribution in [3.05, 3.63) is 17.8 Å². The highest BCUT2D eigenvalue weighted by Gasteiger charge is 2.32. The molecule has 1 rings (SSSR count). The van der Waals surface area contributed by atoms with Gasteiger partial charge in [-0.1, -0.05) is 6.92 Å². The molecular weight excluding hydrogens is 311 g/mol. The SMILES string of the molecule is CCCC(=O)Nc1cc(C(F)(F)F)cnc1NS(C)(=O)=O. The summed E-state index contributed by atoms with van der Waals surface area (Å²) in [6, 6.07) is 0.633. The summed E-state index contributed by atoms with van der Waals surface area (Å²) < 4.78 is 62.2. The number of hydrogen-bond donors (Lipinski definition) is 2. The Morgan fingerprint density at radius 2 is 2.00 bits per heavy atom. The van der Waals surface area contributed by atoms with Crippen LogP contribution in [0.3, 0.4) is 0 Å². The monoisotopic (exact) mass is 325 g/mol. The maximum atomic E-state index is 12.6. The van der Waals surface area contributed by atoms with Crippen molar-refractivity contribution in [3.8, 4) is 0 Å². The molecule has 1 aromatic rings. The lowest BCUT2D eigenvalue weighted by Crippen LogP contribution is -2.18. The van der Waals surface area contributed by atoms with E-state index >= 15 is 0 Å². The molecule has 0 spiro atoms. The summed E-state index contributed by atoms with van der Waals surface area (Å²) in [4.78, 5) is 14.9. The molecule has 0 saturated heterocycles. The lowest BCUT2D eigenvalue weighted by molar-refractivity contribution is -0.137. The van der Waals surface area contributed by atoms with Crippen LogP contribution in [0, 0.1) is 0 Å². The first-order valence-corrected chi connectivity index (χ1v) is 7.77. The van der Waals surface area contributed by atoms with Crippen molar-refractivity contribution >= 4 is 27.4 Å². The van der Waals surface area contributed by atoms with Gasteiger partial charge >= 0.3 is 6.18 Å². The molecule has 0 bridgehead atoms. The van der Waals surface area contributed by atoms with Gasteiger partial charge < -0.3 is 5.32 Å². The van der Waals surface area contributed by atoms with Crippen LogP contribution in [0.1, 0.15) is 25.3 Å². The molecule has 0 radical (unpaired) electrons. The van der Waals surface area contributed by atoms with Crippen molar-refractivity contribution in [2.24, 2.45) is 0 Å². The average Bonchev–Trinajstić information content (AvgIpc) is 2.28. The van der Waals surface area contributed by atoms with Gasteiger partial charge in [0.15, 0.2) is 5.82 Å². The fourth-order valence-electron chi connectivity index (χ4n) is 1.41. The molecule has 0 aromatic carbocycles. The predicted octanol–water partition coefficient (Wildman–Crippen LogP) is 2.21. The zero-order valence-electron chi connectivity index (χ0n) is 11.3. The molecule has 0 unspecified atom stereocenters. The number of rotatable bonds is 5. The van der Waals surface area contributed by atoms with Crippen molar-refractivity contribution in [3.63, 3.8) is 0 Å². The number of halogens is 3. The van der Waals surface area contributed by atoms with Gasteiger partial charge in [-0.25, -0.2) is 13.4 Å². The summed E-state index contributed by atoms with van der Waals surface area (Å²) in [5.74, 6) is -0.898. The molecule has 2 N–H and O–H groups in total. The van der Waals surface area contributed by atoms with Crippen LogP contribution in [-0.2, 0) is 21.0 Å². The summed E-state index contributed by atoms with van der Waals surface area (Å²) >= 11 is 0. The highest BCUT2D eigenvalue weighted by molar-refractivity contribution is 7.92. The van der Waals surface area contributed by atoms with E-state index in [1.807, 2.05) is 4.72 Å². The maximum absolute atomic E-state index is 12.6. The van der Waals surface area contributed by atoms with E-state index in [1.165, 1.54) is 0 Å². The Bertz CT molecular complexity index is 629. The van der Waals surface area contributed by atoms with Crippen molar-refractivity contribution in [2.75, 3.05) is 16.3 Å². The quantitative estimate of drug-likeness (QED) is 0.869. The number of amides is 1. The van der Waals surface area contributed by atoms with Crippen LogP contribution >= 0.6 is 0 Å². The van der Waals surface area contributed by atoms with Crippen LogP contribution in [0.4, 0.5) is 24.7 Å². The number of aromatic nitrogens is 1. The summed E-state index contributed by atoms with van der Waals surface area (Å²) in [7, 11) is -3.74. The third kappa shape index (κ3) is 5.58. The molecule has 21 heavy (non-hydrogen) atoms. The normalized spacial score (nSPS) is 12.0. The molecule has 10 heteroatoms. The van der Waals surface area contributed by atoms with Gasteiger partial charge in [-0.2, -0.15) is 13.2 Å². The molecule has 1 heterocycles. The van der Waals surface area contributed by atoms with E-state index in [0.717, 1.165) is 6.26 Å². The zero-order valence-corrected chi connectivity index (χ0v) is 12.1. The number of pyridine rings is 1. The largest absolute Gasteiger partial charge is 0.417 e. The summed E-state index contributed by atoms with van der Waals surface area (Å²) in [6.45, 7) is 1.72. The van der Waals surface area contributed by atoms with Crippen molar-refractivity contribution in [1.82, 2.24) is 4.98 Å². The molecule has 118 valence electrons. The lowest BCUT2D eigenvalue weighted by atomic mass is 10.2. The smallest absolute Gasteiger partial charge is 0.323 e. The van der Waals surface area contributed by atoms with Gasteiger partial charge in [0.25, 0.3) is 0 Å². The Kier molecular flexibility index (Phi) is 5.15. The Morgan fingerprint density at radius 1 is 1.38 bits per heavy atom. The van der Waals surface area contributed by atoms with Crippen molar-refractivity contribution in [1.29, 1.82) is 0 Å². The Morgan fingerprint density at radius 3 is 2.48 bits per heavy atom. The molecular formula is C11H14F3N3O3S. The minimum Gasteiger partial charge on any atom is -0.323 e. The van der Waals surface area contributed by atoms with Crippen LogP contribution in [0.25, 0.3) is 0 Å². The van der Waals surface area contributed by atoms with E-state index in [9.17, 15) is 26.4 Å². The second-order valence-corrected chi connectivity index (χ2v) is 6.04. The molecule has 0 atom stereocenters. The second kappa shape index (κ2) is 6.29. The fraction of sp³-hybridized carbons (Fsp3) is 0.455. The van der Waals surface area contributed by atoms with Crippen LogP contribution in [-0.4, -0.2) is 25.6 Å². The summed E-state index contributed by atoms with van der Waals surface area (Å²) in [5, 5.41) is 2.22. The first kappa shape index (κ1) is 17.2. The number of nitrogens with zero attached hydrogens (tertiary/aromatic N) is 1. The van der Waals surface area contributed by atoms with Crippen molar-refractivity contribution < 1.29 is 26.4 Å². The van der Waals surface area contributed by atoms with E-state index in [1.54, 1.807) is 6.92 Å². The van der Waals surface area contributed by atoms with E-state index in [-0.39, 0.29) is 17.9 Å². The fourth-order valence-corrected chi connectivity index (χ4v) is 1.93. The average molecular weight is 325 g/mol. The summed E-state index contributed by atoms with van der Waals surface area (Å²) in [6.07, 6.45) is -2.75. The van der Waals surface area contributed by atoms with E-state index < -0.39 is 27.7 Å². The van der Waals surface area contributed by atoms with Crippen molar-refractivity contribution in [2.45, 2.75) is 25.9 Å². The third-order valence-electron chi connectivity index (χ3n) is 2.25. The number of alkyl halides is 3. The van der Waals surface area contributed by atoms with Crippen LogP contribution in [0.2, 0.25) is 0 Å². The predicted molar refractivity (Wildman–Crippen MR) is 71.2 cm³/mol. The third-order valence-corrected chi connectivity index (χ3v) is 2.81. The number of nitrogens with one attached hydrogen (secondary N) is 2. The Hall–Kier alpha value is -1.84. The van der Waals surface area contributed by atoms with Gasteiger partial charge in [0.05, 0.1) is 17.5 Å². The molecule has 1 aromatic heterocycles. The Balaban J connectivity index is 3.21. The second-order valence-electron chi connectivity index (χ2n) is 4.29. The van der Waals surface area contributed by atoms with Crippen LogP contribution in [0.15, 0.2) is 12.3 Å². The number of hydrogen-bond acceptors (Lipinski definition) is 4. The summed E-state index contributed by atoms with van der Waals surface area (Å²) in [5.41, 5.74) is -1.43. The molecule has 0 fully saturated rings. The minimum absolute atomic E-state index is 0.0918.